The van der Waals surface area contributed by atoms with Crippen molar-refractivity contribution in [2.75, 3.05) is 26.2 Å². The van der Waals surface area contributed by atoms with Gasteiger partial charge in [0.25, 0.3) is 0 Å². The number of rotatable bonds is 48. The second kappa shape index (κ2) is 44.9. The fourth-order valence-electron chi connectivity index (χ4n) is 10.1. The summed E-state index contributed by atoms with van der Waals surface area (Å²) in [5.74, 6) is -2.55. The zero-order valence-electron chi connectivity index (χ0n) is 46.1. The summed E-state index contributed by atoms with van der Waals surface area (Å²) in [4.78, 5) is 21.2. The van der Waals surface area contributed by atoms with Crippen LogP contribution in [0.25, 0.3) is 0 Å². The lowest BCUT2D eigenvalue weighted by Crippen LogP contribution is -2.50. The molecule has 404 valence electrons. The number of carbonyl (C=O) groups excluding carboxylic acids is 1. The second-order valence-corrected chi connectivity index (χ2v) is 23.1. The van der Waals surface area contributed by atoms with Crippen LogP contribution in [0.2, 0.25) is 0 Å². The number of hydrogen-bond donors (Lipinski definition) is 1. The molecule has 0 aliphatic carbocycles. The molecule has 0 bridgehead atoms. The summed E-state index contributed by atoms with van der Waals surface area (Å²) >= 11 is 0. The van der Waals surface area contributed by atoms with E-state index in [1.807, 2.05) is 0 Å². The Labute approximate surface area is 432 Å². The van der Waals surface area contributed by atoms with E-state index in [9.17, 15) is 23.1 Å². The number of carboxylic acids is 2. The largest absolute Gasteiger partial charge is 0.545 e. The number of unbranched alkanes of at least 4 members (excludes halogenated alkanes) is 36. The Kier molecular flexibility index (Phi) is 41.9. The van der Waals surface area contributed by atoms with Gasteiger partial charge in [0.2, 0.25) is 9.84 Å². The lowest BCUT2D eigenvalue weighted by atomic mass is 10.0. The Morgan fingerprint density at radius 2 is 0.557 bits per heavy atom. The van der Waals surface area contributed by atoms with Crippen LogP contribution in [0.5, 0.6) is 0 Å². The van der Waals surface area contributed by atoms with Gasteiger partial charge in [-0.3, -0.25) is 0 Å². The van der Waals surface area contributed by atoms with Gasteiger partial charge in [-0.2, -0.15) is 0 Å². The van der Waals surface area contributed by atoms with Crippen LogP contribution in [-0.2, 0) is 9.84 Å². The Morgan fingerprint density at radius 3 is 0.757 bits per heavy atom. The summed E-state index contributed by atoms with van der Waals surface area (Å²) in [6.07, 6.45) is 58.7. The summed E-state index contributed by atoms with van der Waals surface area (Å²) in [5.41, 5.74) is -0.156. The van der Waals surface area contributed by atoms with E-state index < -0.39 is 21.8 Å². The van der Waals surface area contributed by atoms with Crippen LogP contribution in [0.1, 0.15) is 305 Å². The first-order chi connectivity index (χ1) is 34.1. The highest BCUT2D eigenvalue weighted by Crippen LogP contribution is 2.24. The third-order valence-electron chi connectivity index (χ3n) is 14.8. The maximum atomic E-state index is 12.3. The lowest BCUT2D eigenvalue weighted by molar-refractivity contribution is -0.929. The maximum absolute atomic E-state index is 12.3. The van der Waals surface area contributed by atoms with E-state index in [1.54, 1.807) is 0 Å². The van der Waals surface area contributed by atoms with Crippen LogP contribution in [-0.4, -0.2) is 56.1 Å². The van der Waals surface area contributed by atoms with Gasteiger partial charge in [0.1, 0.15) is 0 Å². The molecule has 0 aliphatic rings. The van der Waals surface area contributed by atoms with E-state index in [-0.39, 0.29) is 20.9 Å². The molecule has 2 aromatic carbocycles. The van der Waals surface area contributed by atoms with Gasteiger partial charge in [-0.1, -0.05) is 245 Å². The van der Waals surface area contributed by atoms with Crippen molar-refractivity contribution in [2.24, 2.45) is 0 Å². The molecular formula is C62H109NO6S. The molecule has 7 nitrogen and oxygen atoms in total. The number of quaternary nitrogens is 1. The van der Waals surface area contributed by atoms with Crippen molar-refractivity contribution in [1.82, 2.24) is 0 Å². The molecule has 70 heavy (non-hydrogen) atoms. The second-order valence-electron chi connectivity index (χ2n) is 21.1. The summed E-state index contributed by atoms with van der Waals surface area (Å²) < 4.78 is 26.1. The Bertz CT molecular complexity index is 1440. The smallest absolute Gasteiger partial charge is 0.335 e. The topological polar surface area (TPSA) is 112 Å². The summed E-state index contributed by atoms with van der Waals surface area (Å²) in [6, 6.07) is 9.32. The van der Waals surface area contributed by atoms with Gasteiger partial charge >= 0.3 is 5.97 Å². The van der Waals surface area contributed by atoms with E-state index in [2.05, 4.69) is 27.7 Å². The first-order valence-corrected chi connectivity index (χ1v) is 31.3. The molecule has 0 saturated carbocycles. The molecule has 0 fully saturated rings. The third kappa shape index (κ3) is 33.8. The highest BCUT2D eigenvalue weighted by Gasteiger charge is 2.26. The molecule has 8 heteroatoms. The third-order valence-corrected chi connectivity index (χ3v) is 16.5. The molecule has 0 aliphatic heterocycles. The minimum atomic E-state index is -3.83. The Balaban J connectivity index is 0.000000957. The van der Waals surface area contributed by atoms with Crippen molar-refractivity contribution in [3.63, 3.8) is 0 Å². The molecule has 0 unspecified atom stereocenters. The number of hydrogen-bond acceptors (Lipinski definition) is 5. The van der Waals surface area contributed by atoms with Gasteiger partial charge in [0, 0.05) is 0 Å². The average molecular weight is 997 g/mol. The normalized spacial score (nSPS) is 11.7. The number of carbonyl (C=O) groups is 2. The van der Waals surface area contributed by atoms with Gasteiger partial charge < -0.3 is 19.5 Å². The van der Waals surface area contributed by atoms with Crippen molar-refractivity contribution >= 4 is 21.8 Å². The highest BCUT2D eigenvalue weighted by molar-refractivity contribution is 7.91. The van der Waals surface area contributed by atoms with E-state index in [4.69, 9.17) is 5.11 Å². The van der Waals surface area contributed by atoms with Crippen molar-refractivity contribution in [2.45, 2.75) is 294 Å². The minimum Gasteiger partial charge on any atom is -0.545 e. The van der Waals surface area contributed by atoms with Crippen LogP contribution in [0, 0.1) is 0 Å². The lowest BCUT2D eigenvalue weighted by Gasteiger charge is -2.40. The van der Waals surface area contributed by atoms with Crippen molar-refractivity contribution in [3.05, 3.63) is 59.7 Å². The summed E-state index contributed by atoms with van der Waals surface area (Å²) in [6.45, 7) is 15.3. The van der Waals surface area contributed by atoms with Gasteiger partial charge in [0.05, 0.1) is 47.5 Å². The van der Waals surface area contributed by atoms with E-state index in [0.29, 0.717) is 0 Å². The predicted octanol–water partition coefficient (Wildman–Crippen LogP) is 18.1. The first kappa shape index (κ1) is 65.3. The van der Waals surface area contributed by atoms with E-state index in [0.717, 1.165) is 24.3 Å². The standard InChI is InChI=1S/C48H100N.C14H10O6S/c1-5-9-13-17-21-25-29-33-37-41-45-49(46-42-38-34-30-26-22-18-14-10-6-2,47-43-39-35-31-27-23-19-15-11-7-3)48-44-40-36-32-28-24-20-16-12-8-4;15-13(16)9-1-5-11(6-2-9)21(19,20)12-7-3-10(4-8-12)14(17)18/h5-48H2,1-4H3;1-8H,(H,15,16)(H,17,18)/q+1;/p-1. The van der Waals surface area contributed by atoms with Gasteiger partial charge in [-0.15, -0.1) is 0 Å². The van der Waals surface area contributed by atoms with Gasteiger partial charge in [-0.25, -0.2) is 13.2 Å². The molecule has 0 atom stereocenters. The van der Waals surface area contributed by atoms with Crippen molar-refractivity contribution in [3.8, 4) is 0 Å². The van der Waals surface area contributed by atoms with Crippen LogP contribution in [0.15, 0.2) is 58.3 Å². The zero-order chi connectivity index (χ0) is 51.2. The molecule has 1 N–H and O–H groups in total. The molecule has 0 radical (unpaired) electrons. The van der Waals surface area contributed by atoms with Crippen LogP contribution >= 0.6 is 0 Å². The summed E-state index contributed by atoms with van der Waals surface area (Å²) in [5, 5.41) is 19.4. The number of aromatic carboxylic acids is 2. The number of nitrogens with zero attached hydrogens (tertiary/aromatic N) is 1. The minimum absolute atomic E-state index is 0.0266. The highest BCUT2D eigenvalue weighted by atomic mass is 32.2. The molecule has 0 heterocycles. The number of benzene rings is 2. The first-order valence-electron chi connectivity index (χ1n) is 29.8. The van der Waals surface area contributed by atoms with Gasteiger partial charge in [-0.05, 0) is 93.3 Å². The Hall–Kier alpha value is -2.71. The van der Waals surface area contributed by atoms with E-state index >= 15 is 0 Å². The summed E-state index contributed by atoms with van der Waals surface area (Å²) in [7, 11) is -3.83. The molecule has 2 aromatic rings. The zero-order valence-corrected chi connectivity index (χ0v) is 46.9. The molecule has 0 saturated heterocycles. The molecule has 2 rings (SSSR count). The van der Waals surface area contributed by atoms with Crippen LogP contribution in [0.3, 0.4) is 0 Å². The Morgan fingerprint density at radius 1 is 0.357 bits per heavy atom. The maximum Gasteiger partial charge on any atom is 0.335 e. The van der Waals surface area contributed by atoms with E-state index in [1.165, 1.54) is 312 Å². The SMILES string of the molecule is CCCCCCCCCCCC[N+](CCCCCCCCCCCC)(CCCCCCCCCCCC)CCCCCCCCCCCC.O=C([O-])c1ccc(S(=O)(=O)c2ccc(C(=O)O)cc2)cc1. The molecular weight excluding hydrogens is 887 g/mol. The predicted molar refractivity (Wildman–Crippen MR) is 297 cm³/mol. The number of carboxylic acid groups (broad SMARTS) is 2. The quantitative estimate of drug-likeness (QED) is 0.0522. The molecule has 0 spiro atoms. The van der Waals surface area contributed by atoms with Crippen LogP contribution in [0.4, 0.5) is 0 Å². The fourth-order valence-corrected chi connectivity index (χ4v) is 11.4. The van der Waals surface area contributed by atoms with Crippen LogP contribution < -0.4 is 5.11 Å². The monoisotopic (exact) mass is 996 g/mol. The van der Waals surface area contributed by atoms with Crippen molar-refractivity contribution in [1.29, 1.82) is 0 Å². The average Bonchev–Trinajstić information content (AvgIpc) is 3.36. The molecule has 0 aromatic heterocycles. The fraction of sp³-hybridized carbons (Fsp3) is 0.774. The molecule has 0 amide bonds. The van der Waals surface area contributed by atoms with Crippen molar-refractivity contribution < 1.29 is 32.7 Å². The van der Waals surface area contributed by atoms with Gasteiger partial charge in [0.15, 0.2) is 0 Å². The number of sulfone groups is 1.